The first-order valence-electron chi connectivity index (χ1n) is 9.20. The molecule has 0 spiro atoms. The summed E-state index contributed by atoms with van der Waals surface area (Å²) in [4.78, 5) is 14.3. The molecule has 8 heteroatoms. The Labute approximate surface area is 156 Å². The van der Waals surface area contributed by atoms with Crippen LogP contribution < -0.4 is 5.46 Å². The molecular weight excluding hydrogens is 333 g/mol. The zero-order valence-electron chi connectivity index (χ0n) is 17.1. The highest BCUT2D eigenvalue weighted by atomic mass is 16.7. The fraction of sp³-hybridized carbons (Fsp3) is 0.778. The Balaban J connectivity index is 1.86. The number of amides is 1. The third-order valence-corrected chi connectivity index (χ3v) is 5.33. The van der Waals surface area contributed by atoms with Gasteiger partial charge in [0.15, 0.2) is 0 Å². The highest BCUT2D eigenvalue weighted by molar-refractivity contribution is 6.62. The van der Waals surface area contributed by atoms with Crippen molar-refractivity contribution in [2.24, 2.45) is 0 Å². The lowest BCUT2D eigenvalue weighted by molar-refractivity contribution is 0.00578. The molecule has 2 aliphatic rings. The number of rotatable bonds is 1. The number of carbonyl (C=O) groups excluding carboxylic acids is 1. The molecule has 1 saturated heterocycles. The van der Waals surface area contributed by atoms with E-state index in [1.807, 2.05) is 60.1 Å². The van der Waals surface area contributed by atoms with Crippen LogP contribution in [0.4, 0.5) is 4.79 Å². The van der Waals surface area contributed by atoms with Crippen LogP contribution in [0.1, 0.15) is 67.1 Å². The summed E-state index contributed by atoms with van der Waals surface area (Å²) in [7, 11) is -0.491. The van der Waals surface area contributed by atoms with Gasteiger partial charge in [0, 0.05) is 18.2 Å². The highest BCUT2D eigenvalue weighted by Crippen LogP contribution is 2.37. The standard InChI is InChI=1S/C18H30BN3O4/c1-12-10-21(15(23)24-16(2,3)4)11-14-13(9-20-22(12)14)19-25-17(5,6)18(7,8)26-19/h9,12H,10-11H2,1-8H3/t12-/m0/s1. The summed E-state index contributed by atoms with van der Waals surface area (Å²) in [6, 6.07) is 0.0578. The van der Waals surface area contributed by atoms with E-state index in [1.165, 1.54) is 0 Å². The second kappa shape index (κ2) is 5.99. The first kappa shape index (κ1) is 19.2. The van der Waals surface area contributed by atoms with Crippen molar-refractivity contribution in [2.45, 2.75) is 84.8 Å². The lowest BCUT2D eigenvalue weighted by Gasteiger charge is -2.34. The molecule has 0 aromatic carbocycles. The van der Waals surface area contributed by atoms with E-state index in [0.717, 1.165) is 11.2 Å². The van der Waals surface area contributed by atoms with Gasteiger partial charge in [-0.25, -0.2) is 4.79 Å². The summed E-state index contributed by atoms with van der Waals surface area (Å²) >= 11 is 0. The number of hydrogen-bond acceptors (Lipinski definition) is 5. The van der Waals surface area contributed by atoms with Gasteiger partial charge in [-0.05, 0) is 55.4 Å². The maximum Gasteiger partial charge on any atom is 0.498 e. The van der Waals surface area contributed by atoms with Crippen molar-refractivity contribution in [1.29, 1.82) is 0 Å². The summed E-state index contributed by atoms with van der Waals surface area (Å²) in [5.41, 5.74) is 0.457. The number of nitrogens with zero attached hydrogens (tertiary/aromatic N) is 3. The minimum Gasteiger partial charge on any atom is -0.444 e. The van der Waals surface area contributed by atoms with Gasteiger partial charge in [-0.3, -0.25) is 4.68 Å². The summed E-state index contributed by atoms with van der Waals surface area (Å²) in [6.07, 6.45) is 1.49. The van der Waals surface area contributed by atoms with Gasteiger partial charge in [-0.15, -0.1) is 0 Å². The molecule has 26 heavy (non-hydrogen) atoms. The van der Waals surface area contributed by atoms with Crippen molar-refractivity contribution >= 4 is 18.7 Å². The van der Waals surface area contributed by atoms with Gasteiger partial charge in [0.2, 0.25) is 0 Å². The quantitative estimate of drug-likeness (QED) is 0.718. The van der Waals surface area contributed by atoms with Crippen LogP contribution in [-0.2, 0) is 20.6 Å². The Bertz CT molecular complexity index is 692. The van der Waals surface area contributed by atoms with Crippen LogP contribution in [0, 0.1) is 0 Å². The second-order valence-corrected chi connectivity index (χ2v) is 9.29. The van der Waals surface area contributed by atoms with Gasteiger partial charge in [-0.1, -0.05) is 0 Å². The molecule has 0 aliphatic carbocycles. The zero-order chi connectivity index (χ0) is 19.5. The Morgan fingerprint density at radius 3 is 2.38 bits per heavy atom. The van der Waals surface area contributed by atoms with Crippen molar-refractivity contribution in [1.82, 2.24) is 14.7 Å². The fourth-order valence-corrected chi connectivity index (χ4v) is 3.22. The number of ether oxygens (including phenoxy) is 1. The number of hydrogen-bond donors (Lipinski definition) is 0. The molecule has 0 saturated carbocycles. The zero-order valence-corrected chi connectivity index (χ0v) is 17.1. The van der Waals surface area contributed by atoms with Crippen LogP contribution in [0.5, 0.6) is 0 Å². The van der Waals surface area contributed by atoms with Crippen LogP contribution in [0.15, 0.2) is 6.20 Å². The third-order valence-electron chi connectivity index (χ3n) is 5.33. The topological polar surface area (TPSA) is 65.8 Å². The van der Waals surface area contributed by atoms with Crippen molar-refractivity contribution in [3.8, 4) is 0 Å². The molecule has 2 aliphatic heterocycles. The lowest BCUT2D eigenvalue weighted by atomic mass is 9.79. The Morgan fingerprint density at radius 2 is 1.85 bits per heavy atom. The van der Waals surface area contributed by atoms with Crippen LogP contribution >= 0.6 is 0 Å². The van der Waals surface area contributed by atoms with E-state index in [1.54, 1.807) is 11.1 Å². The van der Waals surface area contributed by atoms with Crippen molar-refractivity contribution in [2.75, 3.05) is 6.54 Å². The van der Waals surface area contributed by atoms with E-state index < -0.39 is 23.9 Å². The minimum absolute atomic E-state index is 0.0578. The largest absolute Gasteiger partial charge is 0.498 e. The molecule has 0 unspecified atom stereocenters. The predicted molar refractivity (Wildman–Crippen MR) is 99.3 cm³/mol. The SMILES string of the molecule is C[C@H]1CN(C(=O)OC(C)(C)C)Cc2c(B3OC(C)(C)C(C)(C)O3)cnn21. The van der Waals surface area contributed by atoms with Crippen LogP contribution in [0.2, 0.25) is 0 Å². The molecule has 0 bridgehead atoms. The lowest BCUT2D eigenvalue weighted by Crippen LogP contribution is -2.46. The predicted octanol–water partition coefficient (Wildman–Crippen LogP) is 2.49. The van der Waals surface area contributed by atoms with Gasteiger partial charge in [0.05, 0.1) is 29.5 Å². The van der Waals surface area contributed by atoms with Crippen molar-refractivity contribution in [3.05, 3.63) is 11.9 Å². The first-order valence-corrected chi connectivity index (χ1v) is 9.20. The number of fused-ring (bicyclic) bond motifs is 1. The summed E-state index contributed by atoms with van der Waals surface area (Å²) in [5, 5.41) is 4.52. The van der Waals surface area contributed by atoms with Crippen molar-refractivity contribution in [3.63, 3.8) is 0 Å². The minimum atomic E-state index is -0.521. The van der Waals surface area contributed by atoms with E-state index >= 15 is 0 Å². The maximum atomic E-state index is 12.5. The molecule has 0 N–H and O–H groups in total. The van der Waals surface area contributed by atoms with Crippen LogP contribution in [0.25, 0.3) is 0 Å². The molecule has 1 amide bonds. The van der Waals surface area contributed by atoms with Crippen molar-refractivity contribution < 1.29 is 18.8 Å². The first-order chi connectivity index (χ1) is 11.8. The molecule has 3 heterocycles. The van der Waals surface area contributed by atoms with Crippen LogP contribution in [-0.4, -0.2) is 51.2 Å². The Kier molecular flexibility index (Phi) is 4.43. The van der Waals surface area contributed by atoms with E-state index in [0.29, 0.717) is 13.1 Å². The Morgan fingerprint density at radius 1 is 1.27 bits per heavy atom. The molecule has 7 nitrogen and oxygen atoms in total. The third kappa shape index (κ3) is 3.36. The monoisotopic (exact) mass is 363 g/mol. The van der Waals surface area contributed by atoms with Gasteiger partial charge in [-0.2, -0.15) is 5.10 Å². The molecule has 144 valence electrons. The Hall–Kier alpha value is -1.54. The van der Waals surface area contributed by atoms with Crippen LogP contribution in [0.3, 0.4) is 0 Å². The normalized spacial score (nSPS) is 24.5. The highest BCUT2D eigenvalue weighted by Gasteiger charge is 2.53. The average Bonchev–Trinajstić information content (AvgIpc) is 2.96. The molecule has 0 radical (unpaired) electrons. The average molecular weight is 363 g/mol. The van der Waals surface area contributed by atoms with E-state index in [9.17, 15) is 4.79 Å². The molecule has 1 aromatic rings. The molecule has 1 fully saturated rings. The molecule has 1 aromatic heterocycles. The smallest absolute Gasteiger partial charge is 0.444 e. The maximum absolute atomic E-state index is 12.5. The fourth-order valence-electron chi connectivity index (χ4n) is 3.22. The summed E-state index contributed by atoms with van der Waals surface area (Å²) < 4.78 is 19.9. The van der Waals surface area contributed by atoms with Gasteiger partial charge in [0.25, 0.3) is 0 Å². The van der Waals surface area contributed by atoms with Gasteiger partial charge < -0.3 is 18.9 Å². The molecular formula is C18H30BN3O4. The number of carbonyl (C=O) groups is 1. The van der Waals surface area contributed by atoms with Gasteiger partial charge >= 0.3 is 13.2 Å². The molecule has 1 atom stereocenters. The second-order valence-electron chi connectivity index (χ2n) is 9.29. The summed E-state index contributed by atoms with van der Waals surface area (Å²) in [5.74, 6) is 0. The van der Waals surface area contributed by atoms with E-state index in [4.69, 9.17) is 14.0 Å². The van der Waals surface area contributed by atoms with Gasteiger partial charge in [0.1, 0.15) is 5.60 Å². The summed E-state index contributed by atoms with van der Waals surface area (Å²) in [6.45, 7) is 16.8. The molecule has 3 rings (SSSR count). The number of aromatic nitrogens is 2. The van der Waals surface area contributed by atoms with E-state index in [2.05, 4.69) is 5.10 Å². The van der Waals surface area contributed by atoms with E-state index in [-0.39, 0.29) is 12.1 Å².